The van der Waals surface area contributed by atoms with Crippen molar-refractivity contribution in [1.29, 1.82) is 0 Å². The summed E-state index contributed by atoms with van der Waals surface area (Å²) >= 11 is 5.95. The average Bonchev–Trinajstić information content (AvgIpc) is 2.88. The molecular formula is C15H19ClN4O. The molecule has 3 rings (SSSR count). The predicted molar refractivity (Wildman–Crippen MR) is 82.6 cm³/mol. The number of aromatic nitrogens is 2. The van der Waals surface area contributed by atoms with Gasteiger partial charge in [0.25, 0.3) is 0 Å². The zero-order valence-electron chi connectivity index (χ0n) is 12.1. The van der Waals surface area contributed by atoms with Gasteiger partial charge in [0.15, 0.2) is 0 Å². The first-order chi connectivity index (χ1) is 10.2. The standard InChI is InChI=1S/C15H19ClN4O/c1-2-18-5-7-19(8-6-18)15(21)9-13-11-20-10-12(16)3-4-14(20)17-13/h3-4,10-11H,2,5-9H2,1H3. The van der Waals surface area contributed by atoms with E-state index in [4.69, 9.17) is 11.6 Å². The van der Waals surface area contributed by atoms with Gasteiger partial charge in [0.05, 0.1) is 17.1 Å². The summed E-state index contributed by atoms with van der Waals surface area (Å²) in [5.41, 5.74) is 1.61. The fourth-order valence-electron chi connectivity index (χ4n) is 2.68. The third-order valence-electron chi connectivity index (χ3n) is 3.97. The smallest absolute Gasteiger partial charge is 0.228 e. The van der Waals surface area contributed by atoms with Crippen LogP contribution in [-0.4, -0.2) is 57.8 Å². The molecule has 2 aromatic rings. The van der Waals surface area contributed by atoms with E-state index in [1.54, 1.807) is 12.3 Å². The number of carbonyl (C=O) groups is 1. The van der Waals surface area contributed by atoms with Crippen LogP contribution >= 0.6 is 11.6 Å². The summed E-state index contributed by atoms with van der Waals surface area (Å²) in [6, 6.07) is 3.66. The quantitative estimate of drug-likeness (QED) is 0.866. The highest BCUT2D eigenvalue weighted by atomic mass is 35.5. The number of carbonyl (C=O) groups excluding carboxylic acids is 1. The van der Waals surface area contributed by atoms with Crippen molar-refractivity contribution in [2.45, 2.75) is 13.3 Å². The van der Waals surface area contributed by atoms with Gasteiger partial charge < -0.3 is 14.2 Å². The van der Waals surface area contributed by atoms with Crippen LogP contribution in [0.4, 0.5) is 0 Å². The van der Waals surface area contributed by atoms with E-state index in [9.17, 15) is 4.79 Å². The van der Waals surface area contributed by atoms with Gasteiger partial charge in [-0.1, -0.05) is 18.5 Å². The Morgan fingerprint density at radius 1 is 1.24 bits per heavy atom. The molecule has 0 N–H and O–H groups in total. The Labute approximate surface area is 129 Å². The number of nitrogens with zero attached hydrogens (tertiary/aromatic N) is 4. The van der Waals surface area contributed by atoms with Crippen molar-refractivity contribution < 1.29 is 4.79 Å². The van der Waals surface area contributed by atoms with Crippen molar-refractivity contribution in [3.05, 3.63) is 35.2 Å². The Kier molecular flexibility index (Phi) is 4.12. The lowest BCUT2D eigenvalue weighted by molar-refractivity contribution is -0.132. The van der Waals surface area contributed by atoms with E-state index in [2.05, 4.69) is 16.8 Å². The number of piperazine rings is 1. The zero-order valence-corrected chi connectivity index (χ0v) is 12.9. The van der Waals surface area contributed by atoms with Crippen molar-refractivity contribution in [2.75, 3.05) is 32.7 Å². The van der Waals surface area contributed by atoms with E-state index in [-0.39, 0.29) is 5.91 Å². The van der Waals surface area contributed by atoms with Crippen LogP contribution in [0.1, 0.15) is 12.6 Å². The molecule has 5 nitrogen and oxygen atoms in total. The van der Waals surface area contributed by atoms with Crippen LogP contribution in [0.15, 0.2) is 24.5 Å². The van der Waals surface area contributed by atoms with E-state index in [0.717, 1.165) is 44.1 Å². The van der Waals surface area contributed by atoms with E-state index in [1.165, 1.54) is 0 Å². The Morgan fingerprint density at radius 3 is 2.71 bits per heavy atom. The highest BCUT2D eigenvalue weighted by Crippen LogP contribution is 2.13. The summed E-state index contributed by atoms with van der Waals surface area (Å²) in [5, 5.41) is 0.661. The average molecular weight is 307 g/mol. The molecule has 1 aliphatic heterocycles. The van der Waals surface area contributed by atoms with E-state index in [0.29, 0.717) is 11.4 Å². The molecular weight excluding hydrogens is 288 g/mol. The van der Waals surface area contributed by atoms with Crippen molar-refractivity contribution in [3.8, 4) is 0 Å². The van der Waals surface area contributed by atoms with Crippen LogP contribution in [0.25, 0.3) is 5.65 Å². The maximum atomic E-state index is 12.3. The van der Waals surface area contributed by atoms with E-state index < -0.39 is 0 Å². The molecule has 0 aliphatic carbocycles. The number of imidazole rings is 1. The van der Waals surface area contributed by atoms with Gasteiger partial charge in [0.2, 0.25) is 5.91 Å². The number of likely N-dealkylation sites (N-methyl/N-ethyl adjacent to an activating group) is 1. The second kappa shape index (κ2) is 6.03. The monoisotopic (exact) mass is 306 g/mol. The predicted octanol–water partition coefficient (Wildman–Crippen LogP) is 1.69. The molecule has 112 valence electrons. The van der Waals surface area contributed by atoms with Gasteiger partial charge >= 0.3 is 0 Å². The summed E-state index contributed by atoms with van der Waals surface area (Å²) in [7, 11) is 0. The van der Waals surface area contributed by atoms with Crippen LogP contribution in [0.5, 0.6) is 0 Å². The molecule has 0 bridgehead atoms. The molecule has 6 heteroatoms. The van der Waals surface area contributed by atoms with Gasteiger partial charge in [0.1, 0.15) is 5.65 Å². The van der Waals surface area contributed by atoms with Gasteiger partial charge in [-0.05, 0) is 18.7 Å². The first kappa shape index (κ1) is 14.4. The summed E-state index contributed by atoms with van der Waals surface area (Å²) in [6.45, 7) is 6.75. The second-order valence-corrected chi connectivity index (χ2v) is 5.77. The van der Waals surface area contributed by atoms with Crippen molar-refractivity contribution in [2.24, 2.45) is 0 Å². The minimum atomic E-state index is 0.153. The first-order valence-electron chi connectivity index (χ1n) is 7.29. The maximum absolute atomic E-state index is 12.3. The maximum Gasteiger partial charge on any atom is 0.228 e. The number of pyridine rings is 1. The number of rotatable bonds is 3. The minimum absolute atomic E-state index is 0.153. The van der Waals surface area contributed by atoms with Crippen LogP contribution < -0.4 is 0 Å². The SMILES string of the molecule is CCN1CCN(C(=O)Cc2cn3cc(Cl)ccc3n2)CC1. The van der Waals surface area contributed by atoms with Crippen LogP contribution in [0.3, 0.4) is 0 Å². The number of hydrogen-bond acceptors (Lipinski definition) is 3. The minimum Gasteiger partial charge on any atom is -0.340 e. The Balaban J connectivity index is 1.66. The summed E-state index contributed by atoms with van der Waals surface area (Å²) in [4.78, 5) is 21.1. The van der Waals surface area contributed by atoms with Crippen molar-refractivity contribution >= 4 is 23.2 Å². The molecule has 1 amide bonds. The fraction of sp³-hybridized carbons (Fsp3) is 0.467. The zero-order chi connectivity index (χ0) is 14.8. The van der Waals surface area contributed by atoms with Crippen LogP contribution in [0, 0.1) is 0 Å². The molecule has 2 aromatic heterocycles. The van der Waals surface area contributed by atoms with Crippen LogP contribution in [-0.2, 0) is 11.2 Å². The lowest BCUT2D eigenvalue weighted by Gasteiger charge is -2.34. The van der Waals surface area contributed by atoms with Gasteiger partial charge in [-0.15, -0.1) is 0 Å². The van der Waals surface area contributed by atoms with Crippen LogP contribution in [0.2, 0.25) is 5.02 Å². The van der Waals surface area contributed by atoms with Crippen molar-refractivity contribution in [1.82, 2.24) is 19.2 Å². The van der Waals surface area contributed by atoms with E-state index >= 15 is 0 Å². The van der Waals surface area contributed by atoms with E-state index in [1.807, 2.05) is 21.6 Å². The number of hydrogen-bond donors (Lipinski definition) is 0. The van der Waals surface area contributed by atoms with Crippen molar-refractivity contribution in [3.63, 3.8) is 0 Å². The molecule has 0 aromatic carbocycles. The van der Waals surface area contributed by atoms with Gasteiger partial charge in [0, 0.05) is 38.6 Å². The molecule has 1 fully saturated rings. The summed E-state index contributed by atoms with van der Waals surface area (Å²) in [6.07, 6.45) is 4.03. The first-order valence-corrected chi connectivity index (χ1v) is 7.67. The lowest BCUT2D eigenvalue weighted by Crippen LogP contribution is -2.48. The topological polar surface area (TPSA) is 40.9 Å². The lowest BCUT2D eigenvalue weighted by atomic mass is 10.2. The molecule has 21 heavy (non-hydrogen) atoms. The molecule has 0 unspecified atom stereocenters. The largest absolute Gasteiger partial charge is 0.340 e. The van der Waals surface area contributed by atoms with Gasteiger partial charge in [-0.3, -0.25) is 4.79 Å². The molecule has 1 saturated heterocycles. The number of halogens is 1. The van der Waals surface area contributed by atoms with Gasteiger partial charge in [-0.25, -0.2) is 4.98 Å². The van der Waals surface area contributed by atoms with Gasteiger partial charge in [-0.2, -0.15) is 0 Å². The molecule has 0 spiro atoms. The third kappa shape index (κ3) is 3.19. The second-order valence-electron chi connectivity index (χ2n) is 5.34. The Bertz CT molecular complexity index is 646. The number of amides is 1. The normalized spacial score (nSPS) is 16.6. The third-order valence-corrected chi connectivity index (χ3v) is 4.19. The summed E-state index contributed by atoms with van der Waals surface area (Å²) < 4.78 is 1.86. The molecule has 0 atom stereocenters. The highest BCUT2D eigenvalue weighted by Gasteiger charge is 2.20. The fourth-order valence-corrected chi connectivity index (χ4v) is 2.85. The number of fused-ring (bicyclic) bond motifs is 1. The summed E-state index contributed by atoms with van der Waals surface area (Å²) in [5.74, 6) is 0.153. The molecule has 3 heterocycles. The Hall–Kier alpha value is -1.59. The highest BCUT2D eigenvalue weighted by molar-refractivity contribution is 6.30. The Morgan fingerprint density at radius 2 is 2.00 bits per heavy atom. The molecule has 1 aliphatic rings. The molecule has 0 radical (unpaired) electrons. The molecule has 0 saturated carbocycles.